The van der Waals surface area contributed by atoms with Crippen LogP contribution in [0.15, 0.2) is 24.5 Å². The molecule has 0 aliphatic carbocycles. The van der Waals surface area contributed by atoms with Crippen LogP contribution in [-0.4, -0.2) is 16.8 Å². The molecule has 1 rings (SSSR count). The number of unbranched alkanes of at least 4 members (excludes halogenated alkanes) is 1. The number of anilines is 1. The summed E-state index contributed by atoms with van der Waals surface area (Å²) in [5.41, 5.74) is 0.788. The first kappa shape index (κ1) is 11.0. The molecule has 0 spiro atoms. The van der Waals surface area contributed by atoms with Crippen LogP contribution in [0.25, 0.3) is 0 Å². The van der Waals surface area contributed by atoms with E-state index >= 15 is 0 Å². The summed E-state index contributed by atoms with van der Waals surface area (Å²) in [4.78, 5) is 15.2. The highest BCUT2D eigenvalue weighted by Gasteiger charge is 2.00. The third kappa shape index (κ3) is 4.23. The van der Waals surface area contributed by atoms with Crippen molar-refractivity contribution in [3.8, 4) is 0 Å². The van der Waals surface area contributed by atoms with Gasteiger partial charge in [-0.05, 0) is 25.0 Å². The summed E-state index contributed by atoms with van der Waals surface area (Å²) in [6.45, 7) is 0. The van der Waals surface area contributed by atoms with Gasteiger partial charge in [-0.25, -0.2) is 0 Å². The Balaban J connectivity index is 2.27. The maximum Gasteiger partial charge on any atom is 0.224 e. The van der Waals surface area contributed by atoms with Crippen LogP contribution < -0.4 is 5.32 Å². The summed E-state index contributed by atoms with van der Waals surface area (Å²) < 4.78 is 0. The van der Waals surface area contributed by atoms with E-state index in [4.69, 9.17) is 11.6 Å². The molecule has 76 valence electrons. The third-order valence-corrected chi connectivity index (χ3v) is 2.02. The lowest BCUT2D eigenvalue weighted by Crippen LogP contribution is -2.10. The quantitative estimate of drug-likeness (QED) is 0.602. The lowest BCUT2D eigenvalue weighted by molar-refractivity contribution is -0.116. The predicted molar refractivity (Wildman–Crippen MR) is 57.4 cm³/mol. The molecule has 1 amide bonds. The van der Waals surface area contributed by atoms with E-state index in [0.717, 1.165) is 18.5 Å². The SMILES string of the molecule is O=C(CCCCCl)Nc1ccncc1. The standard InChI is InChI=1S/C10H13ClN2O/c11-6-2-1-3-10(14)13-9-4-7-12-8-5-9/h4-5,7-8H,1-3,6H2,(H,12,13,14). The third-order valence-electron chi connectivity index (χ3n) is 1.75. The van der Waals surface area contributed by atoms with Crippen molar-refractivity contribution >= 4 is 23.2 Å². The molecule has 1 heterocycles. The molecule has 3 nitrogen and oxygen atoms in total. The number of carbonyl (C=O) groups excluding carboxylic acids is 1. The van der Waals surface area contributed by atoms with Gasteiger partial charge in [0.05, 0.1) is 0 Å². The van der Waals surface area contributed by atoms with Gasteiger partial charge in [-0.15, -0.1) is 11.6 Å². The Morgan fingerprint density at radius 1 is 1.36 bits per heavy atom. The highest BCUT2D eigenvalue weighted by Crippen LogP contribution is 2.05. The minimum atomic E-state index is 0.0290. The first-order valence-corrected chi connectivity index (χ1v) is 5.12. The topological polar surface area (TPSA) is 42.0 Å². The van der Waals surface area contributed by atoms with Gasteiger partial charge in [0.1, 0.15) is 0 Å². The smallest absolute Gasteiger partial charge is 0.224 e. The van der Waals surface area contributed by atoms with Gasteiger partial charge < -0.3 is 5.32 Å². The second-order valence-corrected chi connectivity index (χ2v) is 3.31. The van der Waals surface area contributed by atoms with Crippen LogP contribution in [0.2, 0.25) is 0 Å². The zero-order valence-corrected chi connectivity index (χ0v) is 8.63. The van der Waals surface area contributed by atoms with Crippen LogP contribution in [0.1, 0.15) is 19.3 Å². The molecule has 0 bridgehead atoms. The van der Waals surface area contributed by atoms with Gasteiger partial charge in [0.25, 0.3) is 0 Å². The molecule has 0 saturated heterocycles. The number of carbonyl (C=O) groups is 1. The maximum atomic E-state index is 11.3. The van der Waals surface area contributed by atoms with Crippen LogP contribution in [0.3, 0.4) is 0 Å². The van der Waals surface area contributed by atoms with E-state index in [2.05, 4.69) is 10.3 Å². The van der Waals surface area contributed by atoms with Crippen molar-refractivity contribution in [2.24, 2.45) is 0 Å². The van der Waals surface area contributed by atoms with Crippen LogP contribution in [0, 0.1) is 0 Å². The minimum Gasteiger partial charge on any atom is -0.326 e. The van der Waals surface area contributed by atoms with E-state index in [1.165, 1.54) is 0 Å². The highest BCUT2D eigenvalue weighted by atomic mass is 35.5. The Morgan fingerprint density at radius 2 is 2.07 bits per heavy atom. The van der Waals surface area contributed by atoms with Crippen molar-refractivity contribution in [3.63, 3.8) is 0 Å². The summed E-state index contributed by atoms with van der Waals surface area (Å²) in [7, 11) is 0. The molecule has 1 aromatic rings. The second kappa shape index (κ2) is 6.38. The fraction of sp³-hybridized carbons (Fsp3) is 0.400. The van der Waals surface area contributed by atoms with Crippen molar-refractivity contribution in [2.45, 2.75) is 19.3 Å². The molecule has 14 heavy (non-hydrogen) atoms. The number of aromatic nitrogens is 1. The van der Waals surface area contributed by atoms with E-state index < -0.39 is 0 Å². The Bertz CT molecular complexity index is 277. The average Bonchev–Trinajstić information content (AvgIpc) is 2.20. The molecule has 4 heteroatoms. The van der Waals surface area contributed by atoms with Gasteiger partial charge in [-0.1, -0.05) is 0 Å². The first-order valence-electron chi connectivity index (χ1n) is 4.59. The molecule has 0 fully saturated rings. The molecule has 1 N–H and O–H groups in total. The van der Waals surface area contributed by atoms with Crippen molar-refractivity contribution in [3.05, 3.63) is 24.5 Å². The maximum absolute atomic E-state index is 11.3. The van der Waals surface area contributed by atoms with Crippen molar-refractivity contribution < 1.29 is 4.79 Å². The molecule has 0 saturated carbocycles. The van der Waals surface area contributed by atoms with E-state index in [-0.39, 0.29) is 5.91 Å². The Labute approximate surface area is 88.5 Å². The number of amides is 1. The second-order valence-electron chi connectivity index (χ2n) is 2.93. The van der Waals surface area contributed by atoms with Crippen LogP contribution in [-0.2, 0) is 4.79 Å². The number of nitrogens with zero attached hydrogens (tertiary/aromatic N) is 1. The monoisotopic (exact) mass is 212 g/mol. The van der Waals surface area contributed by atoms with Crippen LogP contribution >= 0.6 is 11.6 Å². The molecular weight excluding hydrogens is 200 g/mol. The lowest BCUT2D eigenvalue weighted by Gasteiger charge is -2.03. The molecule has 0 atom stereocenters. The Hall–Kier alpha value is -1.09. The lowest BCUT2D eigenvalue weighted by atomic mass is 10.2. The van der Waals surface area contributed by atoms with Gasteiger partial charge in [0.15, 0.2) is 0 Å². The number of alkyl halides is 1. The first-order chi connectivity index (χ1) is 6.83. The number of pyridine rings is 1. The van der Waals surface area contributed by atoms with Gasteiger partial charge in [0, 0.05) is 30.4 Å². The van der Waals surface area contributed by atoms with Crippen LogP contribution in [0.5, 0.6) is 0 Å². The largest absolute Gasteiger partial charge is 0.326 e. The number of hydrogen-bond donors (Lipinski definition) is 1. The molecule has 0 aliphatic heterocycles. The Morgan fingerprint density at radius 3 is 2.71 bits per heavy atom. The van der Waals surface area contributed by atoms with E-state index in [9.17, 15) is 4.79 Å². The fourth-order valence-corrected chi connectivity index (χ4v) is 1.23. The predicted octanol–water partition coefficient (Wildman–Crippen LogP) is 2.43. The van der Waals surface area contributed by atoms with Gasteiger partial charge in [0.2, 0.25) is 5.91 Å². The zero-order valence-electron chi connectivity index (χ0n) is 7.87. The van der Waals surface area contributed by atoms with E-state index in [0.29, 0.717) is 12.3 Å². The summed E-state index contributed by atoms with van der Waals surface area (Å²) in [6, 6.07) is 3.53. The highest BCUT2D eigenvalue weighted by molar-refractivity contribution is 6.17. The normalized spacial score (nSPS) is 9.79. The minimum absolute atomic E-state index is 0.0290. The van der Waals surface area contributed by atoms with Gasteiger partial charge >= 0.3 is 0 Å². The molecule has 0 aliphatic rings. The van der Waals surface area contributed by atoms with Gasteiger partial charge in [-0.3, -0.25) is 9.78 Å². The summed E-state index contributed by atoms with van der Waals surface area (Å²) in [5.74, 6) is 0.643. The number of hydrogen-bond acceptors (Lipinski definition) is 2. The Kier molecular flexibility index (Phi) is 5.00. The average molecular weight is 213 g/mol. The van der Waals surface area contributed by atoms with E-state index in [1.54, 1.807) is 24.5 Å². The van der Waals surface area contributed by atoms with Crippen LogP contribution in [0.4, 0.5) is 5.69 Å². The van der Waals surface area contributed by atoms with Crippen molar-refractivity contribution in [1.29, 1.82) is 0 Å². The summed E-state index contributed by atoms with van der Waals surface area (Å²) in [6.07, 6.45) is 5.53. The summed E-state index contributed by atoms with van der Waals surface area (Å²) >= 11 is 5.51. The molecule has 1 aromatic heterocycles. The van der Waals surface area contributed by atoms with Crippen molar-refractivity contribution in [1.82, 2.24) is 4.98 Å². The van der Waals surface area contributed by atoms with Crippen molar-refractivity contribution in [2.75, 3.05) is 11.2 Å². The zero-order chi connectivity index (χ0) is 10.2. The molecule has 0 unspecified atom stereocenters. The van der Waals surface area contributed by atoms with E-state index in [1.807, 2.05) is 0 Å². The molecule has 0 aromatic carbocycles. The number of halogens is 1. The molecular formula is C10H13ClN2O. The molecule has 0 radical (unpaired) electrons. The van der Waals surface area contributed by atoms with Gasteiger partial charge in [-0.2, -0.15) is 0 Å². The fourth-order valence-electron chi connectivity index (χ4n) is 1.04. The number of rotatable bonds is 5. The number of nitrogens with one attached hydrogen (secondary N) is 1. The summed E-state index contributed by atoms with van der Waals surface area (Å²) in [5, 5.41) is 2.78.